The topological polar surface area (TPSA) is 128 Å². The molecule has 1 aromatic carbocycles. The molecule has 0 spiro atoms. The van der Waals surface area contributed by atoms with Crippen molar-refractivity contribution in [1.82, 2.24) is 25.1 Å². The molecule has 0 saturated heterocycles. The van der Waals surface area contributed by atoms with Gasteiger partial charge in [0.2, 0.25) is 0 Å². The summed E-state index contributed by atoms with van der Waals surface area (Å²) in [6.45, 7) is 2.64. The maximum Gasteiger partial charge on any atom is 0.270 e. The Labute approximate surface area is 154 Å². The maximum absolute atomic E-state index is 12.1. The highest BCUT2D eigenvalue weighted by molar-refractivity contribution is 5.94. The lowest BCUT2D eigenvalue weighted by atomic mass is 10.2. The third-order valence-electron chi connectivity index (χ3n) is 3.65. The van der Waals surface area contributed by atoms with Gasteiger partial charge in [0, 0.05) is 43.0 Å². The van der Waals surface area contributed by atoms with Gasteiger partial charge in [0.1, 0.15) is 12.1 Å². The average molecular weight is 367 g/mol. The number of aromatic nitrogens is 4. The molecule has 10 heteroatoms. The number of non-ortho nitro benzene ring substituents is 1. The lowest BCUT2D eigenvalue weighted by Gasteiger charge is -2.08. The van der Waals surface area contributed by atoms with Crippen molar-refractivity contribution in [3.8, 4) is 5.82 Å². The van der Waals surface area contributed by atoms with Crippen molar-refractivity contribution in [2.75, 3.05) is 18.4 Å². The zero-order valence-electron chi connectivity index (χ0n) is 14.5. The molecule has 138 valence electrons. The number of nitrogens with zero attached hydrogens (tertiary/aromatic N) is 5. The number of aryl methyl sites for hydroxylation is 1. The quantitative estimate of drug-likeness (QED) is 0.370. The Morgan fingerprint density at radius 1 is 1.22 bits per heavy atom. The summed E-state index contributed by atoms with van der Waals surface area (Å²) in [6.07, 6.45) is 3.23. The average Bonchev–Trinajstić information content (AvgIpc) is 3.12. The van der Waals surface area contributed by atoms with Crippen LogP contribution < -0.4 is 10.6 Å². The van der Waals surface area contributed by atoms with Crippen LogP contribution in [0.15, 0.2) is 48.9 Å². The van der Waals surface area contributed by atoms with Gasteiger partial charge in [-0.05, 0) is 19.1 Å². The van der Waals surface area contributed by atoms with Crippen LogP contribution in [0.4, 0.5) is 11.5 Å². The van der Waals surface area contributed by atoms with Crippen molar-refractivity contribution in [1.29, 1.82) is 0 Å². The second-order valence-electron chi connectivity index (χ2n) is 5.65. The molecule has 1 amide bonds. The minimum Gasteiger partial charge on any atom is -0.368 e. The van der Waals surface area contributed by atoms with Gasteiger partial charge < -0.3 is 10.6 Å². The summed E-state index contributed by atoms with van der Waals surface area (Å²) in [5.74, 6) is 0.842. The SMILES string of the molecule is Cc1ccn(-c2cc(NCCNC(=O)c3cccc([N+](=O)[O-])c3)ncn2)n1. The fourth-order valence-electron chi connectivity index (χ4n) is 2.34. The molecule has 2 aromatic heterocycles. The molecule has 0 saturated carbocycles. The second-order valence-corrected chi connectivity index (χ2v) is 5.65. The summed E-state index contributed by atoms with van der Waals surface area (Å²) in [7, 11) is 0. The Morgan fingerprint density at radius 2 is 2.07 bits per heavy atom. The number of nitro benzene ring substituents is 1. The number of nitro groups is 1. The Kier molecular flexibility index (Phi) is 5.36. The van der Waals surface area contributed by atoms with Gasteiger partial charge in [0.25, 0.3) is 11.6 Å². The van der Waals surface area contributed by atoms with Gasteiger partial charge in [0.05, 0.1) is 10.6 Å². The van der Waals surface area contributed by atoms with Gasteiger partial charge in [-0.25, -0.2) is 14.6 Å². The zero-order valence-corrected chi connectivity index (χ0v) is 14.5. The first kappa shape index (κ1) is 18.0. The van der Waals surface area contributed by atoms with Crippen molar-refractivity contribution < 1.29 is 9.72 Å². The van der Waals surface area contributed by atoms with E-state index < -0.39 is 4.92 Å². The van der Waals surface area contributed by atoms with Gasteiger partial charge in [-0.2, -0.15) is 5.10 Å². The van der Waals surface area contributed by atoms with Gasteiger partial charge in [-0.15, -0.1) is 0 Å². The van der Waals surface area contributed by atoms with Crippen LogP contribution in [0.1, 0.15) is 16.1 Å². The molecule has 0 atom stereocenters. The van der Waals surface area contributed by atoms with Crippen molar-refractivity contribution in [3.63, 3.8) is 0 Å². The number of benzene rings is 1. The fraction of sp³-hybridized carbons (Fsp3) is 0.176. The number of carbonyl (C=O) groups is 1. The molecule has 0 aliphatic rings. The van der Waals surface area contributed by atoms with Crippen LogP contribution in [0.2, 0.25) is 0 Å². The minimum absolute atomic E-state index is 0.122. The van der Waals surface area contributed by atoms with E-state index in [9.17, 15) is 14.9 Å². The molecule has 0 aliphatic heterocycles. The zero-order chi connectivity index (χ0) is 19.2. The first-order chi connectivity index (χ1) is 13.0. The van der Waals surface area contributed by atoms with E-state index in [1.54, 1.807) is 16.9 Å². The van der Waals surface area contributed by atoms with Crippen LogP contribution >= 0.6 is 0 Å². The van der Waals surface area contributed by atoms with Crippen LogP contribution in [-0.2, 0) is 0 Å². The number of nitrogens with one attached hydrogen (secondary N) is 2. The van der Waals surface area contributed by atoms with Gasteiger partial charge in [-0.1, -0.05) is 6.07 Å². The highest BCUT2D eigenvalue weighted by atomic mass is 16.6. The first-order valence-corrected chi connectivity index (χ1v) is 8.14. The lowest BCUT2D eigenvalue weighted by Crippen LogP contribution is -2.28. The van der Waals surface area contributed by atoms with Crippen LogP contribution in [0, 0.1) is 17.0 Å². The Balaban J connectivity index is 1.52. The molecule has 0 bridgehead atoms. The van der Waals surface area contributed by atoms with Crippen LogP contribution in [-0.4, -0.2) is 43.7 Å². The van der Waals surface area contributed by atoms with Crippen LogP contribution in [0.3, 0.4) is 0 Å². The number of hydrogen-bond acceptors (Lipinski definition) is 7. The van der Waals surface area contributed by atoms with E-state index in [2.05, 4.69) is 25.7 Å². The maximum atomic E-state index is 12.1. The Morgan fingerprint density at radius 3 is 2.81 bits per heavy atom. The smallest absolute Gasteiger partial charge is 0.270 e. The molecule has 27 heavy (non-hydrogen) atoms. The fourth-order valence-corrected chi connectivity index (χ4v) is 2.34. The summed E-state index contributed by atoms with van der Waals surface area (Å²) in [5, 5.41) is 20.8. The van der Waals surface area contributed by atoms with Crippen LogP contribution in [0.5, 0.6) is 0 Å². The van der Waals surface area contributed by atoms with Crippen molar-refractivity contribution >= 4 is 17.4 Å². The molecule has 0 fully saturated rings. The number of amides is 1. The van der Waals surface area contributed by atoms with E-state index >= 15 is 0 Å². The van der Waals surface area contributed by atoms with E-state index in [1.807, 2.05) is 13.0 Å². The number of carbonyl (C=O) groups excluding carboxylic acids is 1. The number of anilines is 1. The summed E-state index contributed by atoms with van der Waals surface area (Å²) in [5.41, 5.74) is 0.998. The monoisotopic (exact) mass is 367 g/mol. The van der Waals surface area contributed by atoms with E-state index in [-0.39, 0.29) is 17.2 Å². The summed E-state index contributed by atoms with van der Waals surface area (Å²) in [6, 6.07) is 9.20. The summed E-state index contributed by atoms with van der Waals surface area (Å²) < 4.78 is 1.65. The molecule has 2 heterocycles. The lowest BCUT2D eigenvalue weighted by molar-refractivity contribution is -0.384. The van der Waals surface area contributed by atoms with E-state index in [0.717, 1.165) is 5.69 Å². The molecule has 2 N–H and O–H groups in total. The molecule has 3 aromatic rings. The van der Waals surface area contributed by atoms with Crippen molar-refractivity contribution in [2.24, 2.45) is 0 Å². The summed E-state index contributed by atoms with van der Waals surface area (Å²) >= 11 is 0. The molecule has 3 rings (SSSR count). The largest absolute Gasteiger partial charge is 0.368 e. The van der Waals surface area contributed by atoms with E-state index in [0.29, 0.717) is 24.7 Å². The Hall–Kier alpha value is -3.82. The predicted octanol–water partition coefficient (Wildman–Crippen LogP) is 1.72. The first-order valence-electron chi connectivity index (χ1n) is 8.14. The number of rotatable bonds is 7. The molecule has 0 unspecified atom stereocenters. The third kappa shape index (κ3) is 4.63. The van der Waals surface area contributed by atoms with Crippen LogP contribution in [0.25, 0.3) is 5.82 Å². The third-order valence-corrected chi connectivity index (χ3v) is 3.65. The highest BCUT2D eigenvalue weighted by Gasteiger charge is 2.11. The molecule has 10 nitrogen and oxygen atoms in total. The second kappa shape index (κ2) is 8.04. The van der Waals surface area contributed by atoms with Gasteiger partial charge in [0.15, 0.2) is 5.82 Å². The number of hydrogen-bond donors (Lipinski definition) is 2. The minimum atomic E-state index is -0.536. The van der Waals surface area contributed by atoms with Gasteiger partial charge >= 0.3 is 0 Å². The highest BCUT2D eigenvalue weighted by Crippen LogP contribution is 2.13. The standard InChI is InChI=1S/C17H17N7O3/c1-12-5-8-23(22-12)16-10-15(20-11-21-16)18-6-7-19-17(25)13-3-2-4-14(9-13)24(26)27/h2-5,8-11H,6-7H2,1H3,(H,19,25)(H,18,20,21). The molecular formula is C17H17N7O3. The van der Waals surface area contributed by atoms with E-state index in [4.69, 9.17) is 0 Å². The molecule has 0 aliphatic carbocycles. The van der Waals surface area contributed by atoms with E-state index in [1.165, 1.54) is 30.6 Å². The summed E-state index contributed by atoms with van der Waals surface area (Å²) in [4.78, 5) is 30.6. The Bertz CT molecular complexity index is 970. The molecular weight excluding hydrogens is 350 g/mol. The molecule has 0 radical (unpaired) electrons. The normalized spacial score (nSPS) is 10.4. The predicted molar refractivity (Wildman–Crippen MR) is 97.8 cm³/mol. The van der Waals surface area contributed by atoms with Crippen molar-refractivity contribution in [2.45, 2.75) is 6.92 Å². The van der Waals surface area contributed by atoms with Gasteiger partial charge in [-0.3, -0.25) is 14.9 Å². The van der Waals surface area contributed by atoms with Crippen molar-refractivity contribution in [3.05, 3.63) is 70.3 Å².